The molecular weight excluding hydrogens is 248 g/mol. The second kappa shape index (κ2) is 4.61. The number of aliphatic carboxylic acids is 1. The minimum absolute atomic E-state index is 0.146. The number of carbonyl (C=O) groups is 2. The fourth-order valence-corrected chi connectivity index (χ4v) is 2.71. The number of nitrogens with zero attached hydrogens (tertiary/aromatic N) is 1. The van der Waals surface area contributed by atoms with Crippen LogP contribution in [0.15, 0.2) is 0 Å². The lowest BCUT2D eigenvalue weighted by Crippen LogP contribution is -2.46. The van der Waals surface area contributed by atoms with E-state index >= 15 is 0 Å². The summed E-state index contributed by atoms with van der Waals surface area (Å²) in [4.78, 5) is 23.8. The van der Waals surface area contributed by atoms with E-state index in [-0.39, 0.29) is 18.9 Å². The van der Waals surface area contributed by atoms with Crippen LogP contribution in [0.3, 0.4) is 0 Å². The first kappa shape index (κ1) is 13.9. The van der Waals surface area contributed by atoms with Crippen molar-refractivity contribution in [2.45, 2.75) is 31.6 Å². The van der Waals surface area contributed by atoms with Crippen molar-refractivity contribution >= 4 is 21.9 Å². The van der Waals surface area contributed by atoms with E-state index in [1.165, 1.54) is 0 Å². The Morgan fingerprint density at radius 2 is 2.06 bits per heavy atom. The summed E-state index contributed by atoms with van der Waals surface area (Å²) in [6.07, 6.45) is -0.241. The van der Waals surface area contributed by atoms with Crippen molar-refractivity contribution < 1.29 is 23.1 Å². The Bertz CT molecular complexity index is 431. The van der Waals surface area contributed by atoms with Gasteiger partial charge in [-0.1, -0.05) is 13.8 Å². The number of hydrogen-bond acceptors (Lipinski definition) is 4. The third-order valence-corrected chi connectivity index (χ3v) is 4.05. The van der Waals surface area contributed by atoms with Crippen LogP contribution < -0.4 is 5.14 Å². The average Bonchev–Trinajstić information content (AvgIpc) is 2.46. The first-order valence-corrected chi connectivity index (χ1v) is 6.79. The van der Waals surface area contributed by atoms with Crippen LogP contribution in [-0.4, -0.2) is 48.1 Å². The van der Waals surface area contributed by atoms with Crippen molar-refractivity contribution in [2.24, 2.45) is 11.1 Å². The second-order valence-electron chi connectivity index (χ2n) is 4.49. The highest BCUT2D eigenvalue weighted by Crippen LogP contribution is 2.22. The SMILES string of the molecule is CC(C)C(C(=O)O)N1CC(S(N)(=O)=O)CC1=O. The quantitative estimate of drug-likeness (QED) is 0.674. The summed E-state index contributed by atoms with van der Waals surface area (Å²) >= 11 is 0. The van der Waals surface area contributed by atoms with Crippen LogP contribution in [0.2, 0.25) is 0 Å². The highest BCUT2D eigenvalue weighted by atomic mass is 32.2. The van der Waals surface area contributed by atoms with E-state index in [0.717, 1.165) is 4.90 Å². The number of carbonyl (C=O) groups excluding carboxylic acids is 1. The molecule has 1 fully saturated rings. The molecule has 8 heteroatoms. The summed E-state index contributed by atoms with van der Waals surface area (Å²) < 4.78 is 22.3. The molecule has 1 aliphatic heterocycles. The van der Waals surface area contributed by atoms with Gasteiger partial charge in [-0.25, -0.2) is 18.4 Å². The molecule has 0 aromatic heterocycles. The van der Waals surface area contributed by atoms with Crippen molar-refractivity contribution in [3.63, 3.8) is 0 Å². The molecule has 2 atom stereocenters. The molecular formula is C9H16N2O5S. The first-order chi connectivity index (χ1) is 7.64. The topological polar surface area (TPSA) is 118 Å². The molecule has 0 aliphatic carbocycles. The molecule has 7 nitrogen and oxygen atoms in total. The summed E-state index contributed by atoms with van der Waals surface area (Å²) in [6, 6.07) is -1.01. The third kappa shape index (κ3) is 2.95. The van der Waals surface area contributed by atoms with Crippen LogP contribution in [0, 0.1) is 5.92 Å². The zero-order valence-corrected chi connectivity index (χ0v) is 10.5. The molecule has 3 N–H and O–H groups in total. The van der Waals surface area contributed by atoms with Gasteiger partial charge in [-0.05, 0) is 5.92 Å². The number of carboxylic acids is 1. The van der Waals surface area contributed by atoms with E-state index in [2.05, 4.69) is 0 Å². The number of amides is 1. The minimum Gasteiger partial charge on any atom is -0.480 e. The molecule has 1 saturated heterocycles. The zero-order valence-electron chi connectivity index (χ0n) is 9.66. The van der Waals surface area contributed by atoms with E-state index < -0.39 is 33.2 Å². The lowest BCUT2D eigenvalue weighted by molar-refractivity contribution is -0.150. The molecule has 0 bridgehead atoms. The lowest BCUT2D eigenvalue weighted by atomic mass is 10.0. The largest absolute Gasteiger partial charge is 0.480 e. The van der Waals surface area contributed by atoms with Gasteiger partial charge >= 0.3 is 5.97 Å². The van der Waals surface area contributed by atoms with Crippen molar-refractivity contribution in [1.82, 2.24) is 4.90 Å². The van der Waals surface area contributed by atoms with Crippen LogP contribution >= 0.6 is 0 Å². The van der Waals surface area contributed by atoms with Crippen molar-refractivity contribution in [3.05, 3.63) is 0 Å². The number of primary sulfonamides is 1. The Hall–Kier alpha value is -1.15. The molecule has 1 aliphatic rings. The number of nitrogens with two attached hydrogens (primary N) is 1. The predicted molar refractivity (Wildman–Crippen MR) is 59.5 cm³/mol. The highest BCUT2D eigenvalue weighted by Gasteiger charge is 2.42. The number of hydrogen-bond donors (Lipinski definition) is 2. The van der Waals surface area contributed by atoms with Gasteiger partial charge in [0.1, 0.15) is 11.3 Å². The Kier molecular flexibility index (Phi) is 3.78. The molecule has 17 heavy (non-hydrogen) atoms. The smallest absolute Gasteiger partial charge is 0.326 e. The van der Waals surface area contributed by atoms with Gasteiger partial charge in [0.15, 0.2) is 0 Å². The monoisotopic (exact) mass is 264 g/mol. The Balaban J connectivity index is 2.94. The molecule has 1 amide bonds. The normalized spacial score (nSPS) is 23.2. The maximum atomic E-state index is 11.6. The number of rotatable bonds is 4. The summed E-state index contributed by atoms with van der Waals surface area (Å²) in [7, 11) is -3.81. The van der Waals surface area contributed by atoms with Gasteiger partial charge in [0, 0.05) is 13.0 Å². The molecule has 0 radical (unpaired) electrons. The van der Waals surface area contributed by atoms with Crippen LogP contribution in [0.4, 0.5) is 0 Å². The number of carboxylic acid groups (broad SMARTS) is 1. The van der Waals surface area contributed by atoms with Crippen LogP contribution in [0.1, 0.15) is 20.3 Å². The van der Waals surface area contributed by atoms with Crippen molar-refractivity contribution in [3.8, 4) is 0 Å². The summed E-state index contributed by atoms with van der Waals surface area (Å²) in [5, 5.41) is 13.0. The van der Waals surface area contributed by atoms with Crippen LogP contribution in [0.5, 0.6) is 0 Å². The maximum Gasteiger partial charge on any atom is 0.326 e. The van der Waals surface area contributed by atoms with Gasteiger partial charge in [0.05, 0.1) is 0 Å². The fourth-order valence-electron chi connectivity index (χ4n) is 1.96. The highest BCUT2D eigenvalue weighted by molar-refractivity contribution is 7.89. The van der Waals surface area contributed by atoms with Crippen LogP contribution in [-0.2, 0) is 19.6 Å². The van der Waals surface area contributed by atoms with Crippen molar-refractivity contribution in [1.29, 1.82) is 0 Å². The molecule has 1 heterocycles. The number of sulfonamides is 1. The lowest BCUT2D eigenvalue weighted by Gasteiger charge is -2.27. The van der Waals surface area contributed by atoms with Crippen LogP contribution in [0.25, 0.3) is 0 Å². The van der Waals surface area contributed by atoms with E-state index in [4.69, 9.17) is 10.2 Å². The van der Waals surface area contributed by atoms with E-state index in [1.807, 2.05) is 0 Å². The standard InChI is InChI=1S/C9H16N2O5S/c1-5(2)8(9(13)14)11-4-6(3-7(11)12)17(10,15)16/h5-6,8H,3-4H2,1-2H3,(H,13,14)(H2,10,15,16). The van der Waals surface area contributed by atoms with Gasteiger partial charge in [0.2, 0.25) is 15.9 Å². The third-order valence-electron chi connectivity index (χ3n) is 2.81. The van der Waals surface area contributed by atoms with Gasteiger partial charge < -0.3 is 10.0 Å². The van der Waals surface area contributed by atoms with Crippen molar-refractivity contribution in [2.75, 3.05) is 6.54 Å². The molecule has 2 unspecified atom stereocenters. The summed E-state index contributed by atoms with van der Waals surface area (Å²) in [5.74, 6) is -1.91. The Morgan fingerprint density at radius 1 is 1.53 bits per heavy atom. The molecule has 0 aromatic carbocycles. The predicted octanol–water partition coefficient (Wildman–Crippen LogP) is -1.01. The summed E-state index contributed by atoms with van der Waals surface area (Å²) in [6.45, 7) is 3.18. The molecule has 1 rings (SSSR count). The molecule has 0 spiro atoms. The van der Waals surface area contributed by atoms with Gasteiger partial charge in [-0.2, -0.15) is 0 Å². The average molecular weight is 264 g/mol. The fraction of sp³-hybridized carbons (Fsp3) is 0.778. The minimum atomic E-state index is -3.81. The van der Waals surface area contributed by atoms with E-state index in [1.54, 1.807) is 13.8 Å². The summed E-state index contributed by atoms with van der Waals surface area (Å²) in [5.41, 5.74) is 0. The molecule has 0 saturated carbocycles. The number of likely N-dealkylation sites (tertiary alicyclic amines) is 1. The van der Waals surface area contributed by atoms with E-state index in [9.17, 15) is 18.0 Å². The maximum absolute atomic E-state index is 11.6. The van der Waals surface area contributed by atoms with Gasteiger partial charge in [0.25, 0.3) is 0 Å². The van der Waals surface area contributed by atoms with Gasteiger partial charge in [-0.3, -0.25) is 4.79 Å². The Labute approximate surface area is 99.6 Å². The molecule has 98 valence electrons. The second-order valence-corrected chi connectivity index (χ2v) is 6.33. The van der Waals surface area contributed by atoms with E-state index in [0.29, 0.717) is 0 Å². The van der Waals surface area contributed by atoms with Gasteiger partial charge in [-0.15, -0.1) is 0 Å². The molecule has 0 aromatic rings. The first-order valence-electron chi connectivity index (χ1n) is 5.18. The zero-order chi connectivity index (χ0) is 13.4. The Morgan fingerprint density at radius 3 is 2.35 bits per heavy atom.